The fourth-order valence-corrected chi connectivity index (χ4v) is 2.26. The highest BCUT2D eigenvalue weighted by Gasteiger charge is 2.11. The second-order valence-electron chi connectivity index (χ2n) is 5.70. The van der Waals surface area contributed by atoms with Crippen molar-refractivity contribution < 1.29 is 19.5 Å². The van der Waals surface area contributed by atoms with Crippen LogP contribution in [-0.2, 0) is 14.4 Å². The van der Waals surface area contributed by atoms with E-state index in [-0.39, 0.29) is 18.2 Å². The van der Waals surface area contributed by atoms with Gasteiger partial charge in [-0.05, 0) is 31.4 Å². The Hall–Kier alpha value is -2.37. The van der Waals surface area contributed by atoms with Gasteiger partial charge in [-0.2, -0.15) is 0 Å². The molecule has 0 spiro atoms. The zero-order chi connectivity index (χ0) is 17.8. The second-order valence-corrected chi connectivity index (χ2v) is 5.70. The molecule has 0 bridgehead atoms. The molecule has 0 saturated heterocycles. The van der Waals surface area contributed by atoms with E-state index in [9.17, 15) is 14.4 Å². The summed E-state index contributed by atoms with van der Waals surface area (Å²) in [6.07, 6.45) is 3.53. The van der Waals surface area contributed by atoms with Gasteiger partial charge in [0.25, 0.3) is 0 Å². The molecule has 0 saturated carbocycles. The summed E-state index contributed by atoms with van der Waals surface area (Å²) in [4.78, 5) is 35.7. The van der Waals surface area contributed by atoms with E-state index < -0.39 is 5.97 Å². The van der Waals surface area contributed by atoms with Crippen LogP contribution in [0, 0.1) is 0 Å². The molecule has 0 unspecified atom stereocenters. The average molecular weight is 334 g/mol. The van der Waals surface area contributed by atoms with Gasteiger partial charge >= 0.3 is 5.97 Å². The molecule has 0 heterocycles. The van der Waals surface area contributed by atoms with Crippen molar-refractivity contribution in [3.8, 4) is 0 Å². The van der Waals surface area contributed by atoms with E-state index in [2.05, 4.69) is 5.32 Å². The van der Waals surface area contributed by atoms with E-state index in [0.29, 0.717) is 32.2 Å². The van der Waals surface area contributed by atoms with Crippen LogP contribution in [0.15, 0.2) is 30.3 Å². The number of carbonyl (C=O) groups excluding carboxylic acids is 2. The number of anilines is 1. The first-order valence-electron chi connectivity index (χ1n) is 8.31. The van der Waals surface area contributed by atoms with Gasteiger partial charge in [-0.3, -0.25) is 14.4 Å². The third-order valence-electron chi connectivity index (χ3n) is 3.70. The Kier molecular flexibility index (Phi) is 9.19. The molecule has 2 N–H and O–H groups in total. The molecule has 0 aliphatic carbocycles. The van der Waals surface area contributed by atoms with Crippen LogP contribution in [0.2, 0.25) is 0 Å². The maximum absolute atomic E-state index is 12.1. The smallest absolute Gasteiger partial charge is 0.303 e. The van der Waals surface area contributed by atoms with E-state index in [4.69, 9.17) is 5.11 Å². The molecule has 1 aromatic rings. The van der Waals surface area contributed by atoms with Crippen LogP contribution in [-0.4, -0.2) is 36.5 Å². The fourth-order valence-electron chi connectivity index (χ4n) is 2.26. The third kappa shape index (κ3) is 8.31. The summed E-state index contributed by atoms with van der Waals surface area (Å²) in [6.45, 7) is 0.552. The van der Waals surface area contributed by atoms with E-state index in [1.165, 1.54) is 0 Å². The van der Waals surface area contributed by atoms with Crippen molar-refractivity contribution in [1.82, 2.24) is 5.32 Å². The molecule has 0 radical (unpaired) electrons. The van der Waals surface area contributed by atoms with Crippen LogP contribution >= 0.6 is 0 Å². The molecular weight excluding hydrogens is 308 g/mol. The largest absolute Gasteiger partial charge is 0.481 e. The number of amides is 2. The van der Waals surface area contributed by atoms with Crippen LogP contribution in [0.25, 0.3) is 0 Å². The van der Waals surface area contributed by atoms with Gasteiger partial charge in [0, 0.05) is 38.5 Å². The standard InChI is InChI=1S/C18H26N2O4/c1-20(15-9-4-2-5-10-15)17(22)12-8-11-16(21)19-14-7-3-6-13-18(23)24/h2,4-5,9-10H,3,6-8,11-14H2,1H3,(H,19,21)(H,23,24). The highest BCUT2D eigenvalue weighted by molar-refractivity contribution is 5.92. The summed E-state index contributed by atoms with van der Waals surface area (Å²) < 4.78 is 0. The molecule has 0 atom stereocenters. The summed E-state index contributed by atoms with van der Waals surface area (Å²) in [5.41, 5.74) is 0.841. The van der Waals surface area contributed by atoms with Gasteiger partial charge in [-0.15, -0.1) is 0 Å². The first-order valence-corrected chi connectivity index (χ1v) is 8.31. The first-order chi connectivity index (χ1) is 11.5. The SMILES string of the molecule is CN(C(=O)CCCC(=O)NCCCCCC(=O)O)c1ccccc1. The Labute approximate surface area is 142 Å². The van der Waals surface area contributed by atoms with Crippen molar-refractivity contribution in [2.24, 2.45) is 0 Å². The maximum Gasteiger partial charge on any atom is 0.303 e. The molecular formula is C18H26N2O4. The van der Waals surface area contributed by atoms with E-state index >= 15 is 0 Å². The van der Waals surface area contributed by atoms with Gasteiger partial charge in [-0.25, -0.2) is 0 Å². The van der Waals surface area contributed by atoms with Gasteiger partial charge < -0.3 is 15.3 Å². The molecule has 24 heavy (non-hydrogen) atoms. The zero-order valence-corrected chi connectivity index (χ0v) is 14.2. The molecule has 2 amide bonds. The minimum atomic E-state index is -0.788. The van der Waals surface area contributed by atoms with Crippen LogP contribution in [0.5, 0.6) is 0 Å². The fraction of sp³-hybridized carbons (Fsp3) is 0.500. The monoisotopic (exact) mass is 334 g/mol. The lowest BCUT2D eigenvalue weighted by molar-refractivity contribution is -0.137. The molecule has 1 rings (SSSR count). The number of carboxylic acids is 1. The van der Waals surface area contributed by atoms with Gasteiger partial charge in [-0.1, -0.05) is 24.6 Å². The number of carbonyl (C=O) groups is 3. The Bertz CT molecular complexity index is 531. The molecule has 6 nitrogen and oxygen atoms in total. The quantitative estimate of drug-likeness (QED) is 0.609. The number of aliphatic carboxylic acids is 1. The third-order valence-corrected chi connectivity index (χ3v) is 3.70. The number of nitrogens with one attached hydrogen (secondary N) is 1. The van der Waals surface area contributed by atoms with Crippen molar-refractivity contribution in [2.45, 2.75) is 44.9 Å². The first kappa shape index (κ1) is 19.7. The summed E-state index contributed by atoms with van der Waals surface area (Å²) >= 11 is 0. The molecule has 6 heteroatoms. The van der Waals surface area contributed by atoms with Crippen LogP contribution in [0.4, 0.5) is 5.69 Å². The highest BCUT2D eigenvalue weighted by Crippen LogP contribution is 2.13. The van der Waals surface area contributed by atoms with Gasteiger partial charge in [0.2, 0.25) is 11.8 Å². The predicted molar refractivity (Wildman–Crippen MR) is 92.8 cm³/mol. The lowest BCUT2D eigenvalue weighted by Gasteiger charge is -2.17. The number of rotatable bonds is 11. The van der Waals surface area contributed by atoms with Crippen molar-refractivity contribution in [1.29, 1.82) is 0 Å². The number of para-hydroxylation sites is 1. The molecule has 0 fully saturated rings. The van der Waals surface area contributed by atoms with Gasteiger partial charge in [0.05, 0.1) is 0 Å². The summed E-state index contributed by atoms with van der Waals surface area (Å²) in [6, 6.07) is 9.39. The van der Waals surface area contributed by atoms with Crippen LogP contribution in [0.1, 0.15) is 44.9 Å². The molecule has 1 aromatic carbocycles. The van der Waals surface area contributed by atoms with Crippen molar-refractivity contribution in [3.63, 3.8) is 0 Å². The van der Waals surface area contributed by atoms with Crippen LogP contribution < -0.4 is 10.2 Å². The number of hydrogen-bond acceptors (Lipinski definition) is 3. The van der Waals surface area contributed by atoms with Gasteiger partial charge in [0.1, 0.15) is 0 Å². The Morgan fingerprint density at radius 1 is 0.958 bits per heavy atom. The van der Waals surface area contributed by atoms with Crippen LogP contribution in [0.3, 0.4) is 0 Å². The Morgan fingerprint density at radius 3 is 2.33 bits per heavy atom. The van der Waals surface area contributed by atoms with Crippen molar-refractivity contribution in [3.05, 3.63) is 30.3 Å². The Morgan fingerprint density at radius 2 is 1.67 bits per heavy atom. The normalized spacial score (nSPS) is 10.2. The topological polar surface area (TPSA) is 86.7 Å². The lowest BCUT2D eigenvalue weighted by atomic mass is 10.2. The second kappa shape index (κ2) is 11.2. The molecule has 132 valence electrons. The summed E-state index contributed by atoms with van der Waals surface area (Å²) in [5.74, 6) is -0.866. The lowest BCUT2D eigenvalue weighted by Crippen LogP contribution is -2.27. The van der Waals surface area contributed by atoms with E-state index in [0.717, 1.165) is 18.5 Å². The number of nitrogens with zero attached hydrogens (tertiary/aromatic N) is 1. The highest BCUT2D eigenvalue weighted by atomic mass is 16.4. The van der Waals surface area contributed by atoms with Crippen molar-refractivity contribution in [2.75, 3.05) is 18.5 Å². The summed E-state index contributed by atoms with van der Waals surface area (Å²) in [5, 5.41) is 11.3. The predicted octanol–water partition coefficient (Wildman–Crippen LogP) is 2.58. The number of carboxylic acid groups (broad SMARTS) is 1. The Balaban J connectivity index is 2.10. The van der Waals surface area contributed by atoms with E-state index in [1.807, 2.05) is 30.3 Å². The van der Waals surface area contributed by atoms with Gasteiger partial charge in [0.15, 0.2) is 0 Å². The average Bonchev–Trinajstić information content (AvgIpc) is 2.57. The molecule has 0 aliphatic rings. The number of hydrogen-bond donors (Lipinski definition) is 2. The minimum Gasteiger partial charge on any atom is -0.481 e. The van der Waals surface area contributed by atoms with Crippen molar-refractivity contribution >= 4 is 23.5 Å². The van der Waals surface area contributed by atoms with E-state index in [1.54, 1.807) is 11.9 Å². The minimum absolute atomic E-state index is 0.0114. The summed E-state index contributed by atoms with van der Waals surface area (Å²) in [7, 11) is 1.73. The number of unbranched alkanes of at least 4 members (excludes halogenated alkanes) is 2. The molecule has 0 aromatic heterocycles. The maximum atomic E-state index is 12.1. The number of benzene rings is 1. The molecule has 0 aliphatic heterocycles. The zero-order valence-electron chi connectivity index (χ0n) is 14.2.